The largest absolute Gasteiger partial charge is 0.437 e. The maximum absolute atomic E-state index is 12.2. The van der Waals surface area contributed by atoms with E-state index in [2.05, 4.69) is 15.3 Å². The summed E-state index contributed by atoms with van der Waals surface area (Å²) >= 11 is 7.35. The zero-order chi connectivity index (χ0) is 19.2. The summed E-state index contributed by atoms with van der Waals surface area (Å²) < 4.78 is 5.80. The molecule has 0 radical (unpaired) electrons. The van der Waals surface area contributed by atoms with E-state index < -0.39 is 0 Å². The van der Waals surface area contributed by atoms with Crippen LogP contribution in [0.25, 0.3) is 0 Å². The van der Waals surface area contributed by atoms with Crippen molar-refractivity contribution in [2.24, 2.45) is 0 Å². The van der Waals surface area contributed by atoms with Crippen molar-refractivity contribution in [1.82, 2.24) is 9.97 Å². The molecule has 2 aromatic carbocycles. The van der Waals surface area contributed by atoms with Crippen LogP contribution in [0.1, 0.15) is 11.1 Å². The van der Waals surface area contributed by atoms with Crippen molar-refractivity contribution < 1.29 is 9.53 Å². The highest BCUT2D eigenvalue weighted by Crippen LogP contribution is 2.29. The van der Waals surface area contributed by atoms with E-state index in [0.717, 1.165) is 11.1 Å². The van der Waals surface area contributed by atoms with Gasteiger partial charge in [0.1, 0.15) is 5.75 Å². The number of thioether (sulfide) groups is 1. The molecule has 3 aromatic rings. The summed E-state index contributed by atoms with van der Waals surface area (Å²) in [6, 6.07) is 13.1. The number of hydrogen-bond donors (Lipinski definition) is 1. The third kappa shape index (κ3) is 5.45. The number of hydrogen-bond acceptors (Lipinski definition) is 5. The second-order valence-corrected chi connectivity index (χ2v) is 7.25. The first-order valence-electron chi connectivity index (χ1n) is 8.25. The predicted molar refractivity (Wildman–Crippen MR) is 109 cm³/mol. The van der Waals surface area contributed by atoms with Gasteiger partial charge in [-0.05, 0) is 43.7 Å². The first-order chi connectivity index (χ1) is 13.0. The fourth-order valence-electron chi connectivity index (χ4n) is 2.20. The minimum Gasteiger partial charge on any atom is -0.437 e. The molecule has 0 atom stereocenters. The number of halogens is 1. The minimum atomic E-state index is -0.160. The summed E-state index contributed by atoms with van der Waals surface area (Å²) in [5.74, 6) is 1.06. The number of ether oxygens (including phenoxy) is 1. The van der Waals surface area contributed by atoms with Gasteiger partial charge in [0, 0.05) is 23.1 Å². The highest BCUT2D eigenvalue weighted by atomic mass is 35.5. The number of carbonyl (C=O) groups is 1. The number of nitrogens with one attached hydrogen (secondary N) is 1. The third-order valence-corrected chi connectivity index (χ3v) is 5.03. The summed E-state index contributed by atoms with van der Waals surface area (Å²) in [6.45, 7) is 3.92. The van der Waals surface area contributed by atoms with E-state index >= 15 is 0 Å². The van der Waals surface area contributed by atoms with Crippen molar-refractivity contribution in [2.45, 2.75) is 18.9 Å². The lowest BCUT2D eigenvalue weighted by Gasteiger charge is -2.09. The molecule has 0 aliphatic rings. The molecule has 0 aliphatic heterocycles. The molecule has 138 valence electrons. The monoisotopic (exact) mass is 399 g/mol. The molecule has 1 aromatic heterocycles. The molecule has 27 heavy (non-hydrogen) atoms. The molecule has 0 saturated carbocycles. The lowest BCUT2D eigenvalue weighted by Crippen LogP contribution is -2.14. The first kappa shape index (κ1) is 19.2. The highest BCUT2D eigenvalue weighted by Gasteiger charge is 2.12. The first-order valence-corrected chi connectivity index (χ1v) is 9.62. The fourth-order valence-corrected chi connectivity index (χ4v) is 3.07. The molecule has 1 amide bonds. The van der Waals surface area contributed by atoms with Crippen molar-refractivity contribution in [3.63, 3.8) is 0 Å². The lowest BCUT2D eigenvalue weighted by atomic mass is 10.2. The Balaban J connectivity index is 1.62. The van der Waals surface area contributed by atoms with Gasteiger partial charge in [-0.25, -0.2) is 9.97 Å². The van der Waals surface area contributed by atoms with E-state index in [9.17, 15) is 4.79 Å². The van der Waals surface area contributed by atoms with Gasteiger partial charge < -0.3 is 10.1 Å². The zero-order valence-electron chi connectivity index (χ0n) is 14.9. The second-order valence-electron chi connectivity index (χ2n) is 5.88. The fraction of sp³-hybridized carbons (Fsp3) is 0.150. The molecule has 0 aliphatic carbocycles. The Bertz CT molecular complexity index is 948. The maximum Gasteiger partial charge on any atom is 0.252 e. The van der Waals surface area contributed by atoms with E-state index in [1.54, 1.807) is 18.5 Å². The highest BCUT2D eigenvalue weighted by molar-refractivity contribution is 8.00. The molecule has 0 saturated heterocycles. The van der Waals surface area contributed by atoms with Crippen molar-refractivity contribution in [3.05, 3.63) is 71.0 Å². The Labute approximate surface area is 167 Å². The predicted octanol–water partition coefficient (Wildman–Crippen LogP) is 5.27. The summed E-state index contributed by atoms with van der Waals surface area (Å²) in [6.07, 6.45) is 3.13. The van der Waals surface area contributed by atoms with E-state index in [4.69, 9.17) is 16.3 Å². The van der Waals surface area contributed by atoms with Gasteiger partial charge in [-0.1, -0.05) is 47.1 Å². The van der Waals surface area contributed by atoms with E-state index in [1.807, 2.05) is 50.2 Å². The molecule has 1 heterocycles. The maximum atomic E-state index is 12.2. The van der Waals surface area contributed by atoms with Gasteiger partial charge in [0.25, 0.3) is 5.88 Å². The molecule has 1 N–H and O–H groups in total. The molecular formula is C20H18ClN3O2S. The summed E-state index contributed by atoms with van der Waals surface area (Å²) in [5.41, 5.74) is 2.76. The topological polar surface area (TPSA) is 64.1 Å². The van der Waals surface area contributed by atoms with Gasteiger partial charge in [-0.3, -0.25) is 4.79 Å². The van der Waals surface area contributed by atoms with Crippen molar-refractivity contribution in [2.75, 3.05) is 11.1 Å². The average molecular weight is 400 g/mol. The van der Waals surface area contributed by atoms with Crippen LogP contribution in [0.4, 0.5) is 5.69 Å². The van der Waals surface area contributed by atoms with E-state index in [0.29, 0.717) is 27.4 Å². The van der Waals surface area contributed by atoms with Crippen LogP contribution in [0.5, 0.6) is 11.6 Å². The van der Waals surface area contributed by atoms with E-state index in [1.165, 1.54) is 11.8 Å². The number of carbonyl (C=O) groups excluding carboxylic acids is 1. The van der Waals surface area contributed by atoms with Gasteiger partial charge in [-0.2, -0.15) is 0 Å². The third-order valence-electron chi connectivity index (χ3n) is 3.66. The quantitative estimate of drug-likeness (QED) is 0.572. The number of benzene rings is 2. The Hall–Kier alpha value is -2.57. The molecule has 0 unspecified atom stereocenters. The van der Waals surface area contributed by atoms with Crippen molar-refractivity contribution >= 4 is 35.0 Å². The summed E-state index contributed by atoms with van der Waals surface area (Å²) in [5, 5.41) is 3.99. The van der Waals surface area contributed by atoms with Crippen LogP contribution in [-0.4, -0.2) is 21.6 Å². The van der Waals surface area contributed by atoms with E-state index in [-0.39, 0.29) is 11.7 Å². The number of amides is 1. The van der Waals surface area contributed by atoms with Gasteiger partial charge in [-0.15, -0.1) is 0 Å². The summed E-state index contributed by atoms with van der Waals surface area (Å²) in [7, 11) is 0. The molecule has 0 spiro atoms. The Morgan fingerprint density at radius 2 is 1.85 bits per heavy atom. The Kier molecular flexibility index (Phi) is 6.32. The molecule has 3 rings (SSSR count). The summed E-state index contributed by atoms with van der Waals surface area (Å²) in [4.78, 5) is 20.7. The number of nitrogens with zero attached hydrogens (tertiary/aromatic N) is 2. The van der Waals surface area contributed by atoms with Gasteiger partial charge >= 0.3 is 0 Å². The lowest BCUT2D eigenvalue weighted by molar-refractivity contribution is -0.113. The van der Waals surface area contributed by atoms with Crippen LogP contribution in [0, 0.1) is 13.8 Å². The van der Waals surface area contributed by atoms with Crippen LogP contribution >= 0.6 is 23.4 Å². The number of anilines is 1. The number of aromatic nitrogens is 2. The minimum absolute atomic E-state index is 0.160. The second kappa shape index (κ2) is 8.88. The Morgan fingerprint density at radius 1 is 1.11 bits per heavy atom. The van der Waals surface area contributed by atoms with Gasteiger partial charge in [0.2, 0.25) is 5.91 Å². The number of rotatable bonds is 6. The smallest absolute Gasteiger partial charge is 0.252 e. The van der Waals surface area contributed by atoms with Crippen LogP contribution in [-0.2, 0) is 4.79 Å². The standard InChI is InChI=1S/C20H18ClN3O2S/c1-13-3-7-16(8-4-13)26-19-20(23-10-9-22-19)27-12-18(25)24-15-6-5-14(2)17(21)11-15/h3-11H,12H2,1-2H3,(H,24,25). The van der Waals surface area contributed by atoms with Crippen LogP contribution in [0.2, 0.25) is 5.02 Å². The van der Waals surface area contributed by atoms with Gasteiger partial charge in [0.15, 0.2) is 5.03 Å². The SMILES string of the molecule is Cc1ccc(Oc2nccnc2SCC(=O)Nc2ccc(C)c(Cl)c2)cc1. The van der Waals surface area contributed by atoms with Crippen molar-refractivity contribution in [1.29, 1.82) is 0 Å². The number of aryl methyl sites for hydroxylation is 2. The van der Waals surface area contributed by atoms with Crippen LogP contribution in [0.3, 0.4) is 0 Å². The molecule has 7 heteroatoms. The average Bonchev–Trinajstić information content (AvgIpc) is 2.66. The van der Waals surface area contributed by atoms with Crippen LogP contribution in [0.15, 0.2) is 59.9 Å². The zero-order valence-corrected chi connectivity index (χ0v) is 16.5. The molecule has 5 nitrogen and oxygen atoms in total. The molecule has 0 fully saturated rings. The van der Waals surface area contributed by atoms with Crippen LogP contribution < -0.4 is 10.1 Å². The normalized spacial score (nSPS) is 10.5. The molecular weight excluding hydrogens is 382 g/mol. The molecule has 0 bridgehead atoms. The Morgan fingerprint density at radius 3 is 2.59 bits per heavy atom. The van der Waals surface area contributed by atoms with Gasteiger partial charge in [0.05, 0.1) is 5.75 Å². The van der Waals surface area contributed by atoms with Crippen molar-refractivity contribution in [3.8, 4) is 11.6 Å².